The molecule has 2 fully saturated rings. The van der Waals surface area contributed by atoms with Crippen molar-refractivity contribution < 1.29 is 0 Å². The zero-order chi connectivity index (χ0) is 19.5. The highest BCUT2D eigenvalue weighted by Crippen LogP contribution is 2.28. The molecule has 7 heteroatoms. The largest absolute Gasteiger partial charge is 0.383 e. The van der Waals surface area contributed by atoms with Crippen molar-refractivity contribution in [3.8, 4) is 0 Å². The average molecular weight is 400 g/mol. The van der Waals surface area contributed by atoms with E-state index in [0.29, 0.717) is 22.3 Å². The Labute approximate surface area is 169 Å². The van der Waals surface area contributed by atoms with Crippen molar-refractivity contribution >= 4 is 28.8 Å². The van der Waals surface area contributed by atoms with Crippen LogP contribution in [-0.4, -0.2) is 40.9 Å². The van der Waals surface area contributed by atoms with Gasteiger partial charge in [0, 0.05) is 23.3 Å². The molecule has 0 spiro atoms. The Morgan fingerprint density at radius 1 is 1.14 bits per heavy atom. The molecule has 148 valence electrons. The van der Waals surface area contributed by atoms with E-state index >= 15 is 0 Å². The lowest BCUT2D eigenvalue weighted by Gasteiger charge is -2.42. The number of hydrogen-bond donors (Lipinski definition) is 3. The van der Waals surface area contributed by atoms with Crippen molar-refractivity contribution in [2.24, 2.45) is 10.7 Å². The predicted octanol–water partition coefficient (Wildman–Crippen LogP) is 3.49. The van der Waals surface area contributed by atoms with Crippen LogP contribution in [0, 0.1) is 0 Å². The van der Waals surface area contributed by atoms with E-state index in [1.165, 1.54) is 32.4 Å². The molecular formula is C21H26ClN5O. The summed E-state index contributed by atoms with van der Waals surface area (Å²) in [5, 5.41) is 4.17. The molecule has 1 aromatic heterocycles. The molecule has 2 aromatic rings. The maximum Gasteiger partial charge on any atom is 0.261 e. The van der Waals surface area contributed by atoms with Gasteiger partial charge in [-0.15, -0.1) is 0 Å². The van der Waals surface area contributed by atoms with E-state index < -0.39 is 0 Å². The lowest BCUT2D eigenvalue weighted by molar-refractivity contribution is 0.0889. The number of likely N-dealkylation sites (tertiary alicyclic amines) is 1. The molecule has 0 atom stereocenters. The Hall–Kier alpha value is -2.31. The van der Waals surface area contributed by atoms with Crippen LogP contribution < -0.4 is 16.6 Å². The Balaban J connectivity index is 1.50. The lowest BCUT2D eigenvalue weighted by Crippen LogP contribution is -2.47. The molecule has 4 N–H and O–H groups in total. The second-order valence-electron chi connectivity index (χ2n) is 7.61. The third-order valence-corrected chi connectivity index (χ3v) is 6.01. The summed E-state index contributed by atoms with van der Waals surface area (Å²) in [6.45, 7) is 2.50. The molecule has 1 saturated heterocycles. The van der Waals surface area contributed by atoms with Crippen molar-refractivity contribution in [2.45, 2.75) is 44.2 Å². The second kappa shape index (κ2) is 8.37. The summed E-state index contributed by atoms with van der Waals surface area (Å²) < 4.78 is 0. The summed E-state index contributed by atoms with van der Waals surface area (Å²) in [7, 11) is 0. The van der Waals surface area contributed by atoms with Crippen LogP contribution in [0.2, 0.25) is 5.02 Å². The van der Waals surface area contributed by atoms with Crippen LogP contribution in [0.5, 0.6) is 0 Å². The molecule has 0 amide bonds. The zero-order valence-corrected chi connectivity index (χ0v) is 16.6. The number of H-pyrrole nitrogens is 1. The van der Waals surface area contributed by atoms with E-state index in [1.807, 2.05) is 6.07 Å². The van der Waals surface area contributed by atoms with Gasteiger partial charge in [0.2, 0.25) is 0 Å². The monoisotopic (exact) mass is 399 g/mol. The average Bonchev–Trinajstić information content (AvgIpc) is 2.64. The van der Waals surface area contributed by atoms with Gasteiger partial charge in [0.15, 0.2) is 0 Å². The number of halogens is 1. The van der Waals surface area contributed by atoms with Gasteiger partial charge in [0.25, 0.3) is 5.56 Å². The number of nitrogens with one attached hydrogen (secondary N) is 2. The fourth-order valence-electron chi connectivity index (χ4n) is 4.07. The van der Waals surface area contributed by atoms with E-state index in [0.717, 1.165) is 24.6 Å². The Morgan fingerprint density at radius 2 is 1.86 bits per heavy atom. The number of aliphatic imine (C=N–C) groups is 1. The molecule has 0 radical (unpaired) electrons. The Kier molecular flexibility index (Phi) is 5.69. The first-order valence-electron chi connectivity index (χ1n) is 9.92. The SMILES string of the molecule is NC(=Nc1ccc(Cl)cc1)c1c(NC2CCC(N3CCC3)CC2)cc[nH]c1=O. The number of aromatic nitrogens is 1. The van der Waals surface area contributed by atoms with Crippen LogP contribution >= 0.6 is 11.6 Å². The normalized spacial score (nSPS) is 23.2. The van der Waals surface area contributed by atoms with Crippen molar-refractivity contribution in [2.75, 3.05) is 18.4 Å². The fourth-order valence-corrected chi connectivity index (χ4v) is 4.20. The molecular weight excluding hydrogens is 374 g/mol. The van der Waals surface area contributed by atoms with E-state index in [-0.39, 0.29) is 11.4 Å². The highest BCUT2D eigenvalue weighted by Gasteiger charge is 2.29. The highest BCUT2D eigenvalue weighted by molar-refractivity contribution is 6.30. The van der Waals surface area contributed by atoms with E-state index in [4.69, 9.17) is 17.3 Å². The van der Waals surface area contributed by atoms with E-state index in [9.17, 15) is 4.79 Å². The molecule has 0 bridgehead atoms. The van der Waals surface area contributed by atoms with Gasteiger partial charge in [-0.05, 0) is 75.5 Å². The quantitative estimate of drug-likeness (QED) is 0.530. The second-order valence-corrected chi connectivity index (χ2v) is 8.04. The predicted molar refractivity (Wildman–Crippen MR) is 115 cm³/mol. The Morgan fingerprint density at radius 3 is 2.50 bits per heavy atom. The van der Waals surface area contributed by atoms with Crippen LogP contribution in [0.4, 0.5) is 11.4 Å². The van der Waals surface area contributed by atoms with Crippen molar-refractivity contribution in [1.29, 1.82) is 0 Å². The summed E-state index contributed by atoms with van der Waals surface area (Å²) in [5.41, 5.74) is 7.76. The summed E-state index contributed by atoms with van der Waals surface area (Å²) in [4.78, 5) is 22.2. The Bertz CT molecular complexity index is 896. The maximum atomic E-state index is 12.5. The summed E-state index contributed by atoms with van der Waals surface area (Å²) in [5.74, 6) is 0.195. The minimum absolute atomic E-state index is 0.195. The molecule has 28 heavy (non-hydrogen) atoms. The van der Waals surface area contributed by atoms with Crippen molar-refractivity contribution in [3.63, 3.8) is 0 Å². The van der Waals surface area contributed by atoms with Gasteiger partial charge in [0.05, 0.1) is 11.4 Å². The topological polar surface area (TPSA) is 86.5 Å². The maximum absolute atomic E-state index is 12.5. The van der Waals surface area contributed by atoms with Crippen LogP contribution in [-0.2, 0) is 0 Å². The van der Waals surface area contributed by atoms with Crippen molar-refractivity contribution in [1.82, 2.24) is 9.88 Å². The van der Waals surface area contributed by atoms with Gasteiger partial charge >= 0.3 is 0 Å². The van der Waals surface area contributed by atoms with Crippen LogP contribution in [0.1, 0.15) is 37.7 Å². The molecule has 2 aliphatic rings. The number of hydrogen-bond acceptors (Lipinski definition) is 4. The molecule has 1 saturated carbocycles. The van der Waals surface area contributed by atoms with Gasteiger partial charge in [0.1, 0.15) is 11.4 Å². The van der Waals surface area contributed by atoms with Crippen LogP contribution in [0.15, 0.2) is 46.3 Å². The highest BCUT2D eigenvalue weighted by atomic mass is 35.5. The smallest absolute Gasteiger partial charge is 0.261 e. The van der Waals surface area contributed by atoms with Crippen LogP contribution in [0.25, 0.3) is 0 Å². The lowest BCUT2D eigenvalue weighted by atomic mass is 9.88. The number of pyridine rings is 1. The molecule has 0 unspecified atom stereocenters. The molecule has 2 heterocycles. The number of nitrogens with two attached hydrogens (primary N) is 1. The third kappa shape index (κ3) is 4.23. The van der Waals surface area contributed by atoms with Crippen molar-refractivity contribution in [3.05, 3.63) is 57.5 Å². The molecule has 4 rings (SSSR count). The summed E-state index contributed by atoms with van der Waals surface area (Å²) in [6, 6.07) is 9.98. The molecule has 1 aliphatic carbocycles. The zero-order valence-electron chi connectivity index (χ0n) is 15.8. The molecule has 1 aliphatic heterocycles. The summed E-state index contributed by atoms with van der Waals surface area (Å²) in [6.07, 6.45) is 7.58. The standard InChI is InChI=1S/C21H26ClN5O/c22-14-2-4-16(5-3-14)26-20(23)19-18(10-11-24-21(19)28)25-15-6-8-17(9-7-15)27-12-1-13-27/h2-5,10-11,15,17H,1,6-9,12-13H2,(H2,23,26)(H2,24,25,28). The molecule has 6 nitrogen and oxygen atoms in total. The van der Waals surface area contributed by atoms with E-state index in [1.54, 1.807) is 30.5 Å². The fraction of sp³-hybridized carbons (Fsp3) is 0.429. The van der Waals surface area contributed by atoms with Gasteiger partial charge in [-0.3, -0.25) is 4.79 Å². The van der Waals surface area contributed by atoms with Gasteiger partial charge in [-0.1, -0.05) is 11.6 Å². The number of nitrogens with zero attached hydrogens (tertiary/aromatic N) is 2. The number of benzene rings is 1. The van der Waals surface area contributed by atoms with Gasteiger partial charge in [-0.25, -0.2) is 4.99 Å². The first-order valence-corrected chi connectivity index (χ1v) is 10.3. The minimum Gasteiger partial charge on any atom is -0.383 e. The van der Waals surface area contributed by atoms with Gasteiger partial charge < -0.3 is 20.9 Å². The van der Waals surface area contributed by atoms with Crippen LogP contribution in [0.3, 0.4) is 0 Å². The first-order chi connectivity index (χ1) is 13.6. The molecule has 1 aromatic carbocycles. The minimum atomic E-state index is -0.241. The summed E-state index contributed by atoms with van der Waals surface area (Å²) >= 11 is 5.92. The first kappa shape index (κ1) is 19.0. The number of aromatic amines is 1. The number of amidine groups is 1. The third-order valence-electron chi connectivity index (χ3n) is 5.76. The van der Waals surface area contributed by atoms with E-state index in [2.05, 4.69) is 20.2 Å². The number of rotatable bonds is 5. The van der Waals surface area contributed by atoms with Gasteiger partial charge in [-0.2, -0.15) is 0 Å². The number of anilines is 1.